The largest absolute Gasteiger partial charge is 0.355 e. The highest BCUT2D eigenvalue weighted by Crippen LogP contribution is 2.25. The van der Waals surface area contributed by atoms with Crippen molar-refractivity contribution >= 4 is 58.4 Å². The van der Waals surface area contributed by atoms with Gasteiger partial charge in [0.15, 0.2) is 0 Å². The van der Waals surface area contributed by atoms with Crippen LogP contribution in [-0.2, 0) is 16.1 Å². The summed E-state index contributed by atoms with van der Waals surface area (Å²) in [7, 11) is 0. The van der Waals surface area contributed by atoms with Gasteiger partial charge in [0.05, 0.1) is 10.0 Å². The van der Waals surface area contributed by atoms with E-state index in [0.29, 0.717) is 33.8 Å². The fourth-order valence-electron chi connectivity index (χ4n) is 2.67. The average molecular weight is 474 g/mol. The summed E-state index contributed by atoms with van der Waals surface area (Å²) in [6.07, 6.45) is 0.304. The lowest BCUT2D eigenvalue weighted by atomic mass is 10.1. The van der Waals surface area contributed by atoms with E-state index in [1.54, 1.807) is 41.8 Å². The highest BCUT2D eigenvalue weighted by Gasteiger charge is 2.25. The number of halogens is 3. The molecule has 8 heteroatoms. The number of carbonyl (C=O) groups is 2. The number of likely N-dealkylation sites (N-methyl/N-ethyl adjacent to an activating group) is 1. The summed E-state index contributed by atoms with van der Waals surface area (Å²) in [5, 5.41) is 4.32. The minimum atomic E-state index is -0.600. The van der Waals surface area contributed by atoms with Crippen molar-refractivity contribution in [2.75, 3.05) is 12.3 Å². The first kappa shape index (κ1) is 23.9. The zero-order valence-electron chi connectivity index (χ0n) is 16.3. The Bertz CT molecular complexity index is 846. The van der Waals surface area contributed by atoms with E-state index in [9.17, 15) is 9.59 Å². The van der Waals surface area contributed by atoms with E-state index in [-0.39, 0.29) is 18.4 Å². The van der Waals surface area contributed by atoms with Gasteiger partial charge in [-0.05, 0) is 55.8 Å². The lowest BCUT2D eigenvalue weighted by Gasteiger charge is -2.29. The summed E-state index contributed by atoms with van der Waals surface area (Å²) in [5.74, 6) is 0.308. The predicted octanol–water partition coefficient (Wildman–Crippen LogP) is 5.68. The molecule has 0 saturated carbocycles. The summed E-state index contributed by atoms with van der Waals surface area (Å²) in [6.45, 7) is 4.36. The molecule has 29 heavy (non-hydrogen) atoms. The van der Waals surface area contributed by atoms with Crippen LogP contribution in [0.15, 0.2) is 47.4 Å². The molecule has 0 radical (unpaired) electrons. The molecular formula is C21H23Cl3N2O2S. The lowest BCUT2D eigenvalue weighted by molar-refractivity contribution is -0.140. The molecule has 0 saturated heterocycles. The van der Waals surface area contributed by atoms with Crippen molar-refractivity contribution in [1.82, 2.24) is 10.2 Å². The zero-order chi connectivity index (χ0) is 21.4. The van der Waals surface area contributed by atoms with Gasteiger partial charge in [0.25, 0.3) is 0 Å². The first-order valence-electron chi connectivity index (χ1n) is 9.21. The first-order chi connectivity index (χ1) is 13.8. The number of amides is 2. The van der Waals surface area contributed by atoms with E-state index in [0.717, 1.165) is 10.5 Å². The average Bonchev–Trinajstić information content (AvgIpc) is 2.69. The molecule has 0 spiro atoms. The fraction of sp³-hybridized carbons (Fsp3) is 0.333. The summed E-state index contributed by atoms with van der Waals surface area (Å²) in [4.78, 5) is 27.9. The Kier molecular flexibility index (Phi) is 9.63. The molecule has 4 nitrogen and oxygen atoms in total. The highest BCUT2D eigenvalue weighted by molar-refractivity contribution is 7.99. The van der Waals surface area contributed by atoms with E-state index in [1.807, 2.05) is 31.2 Å². The van der Waals surface area contributed by atoms with Crippen molar-refractivity contribution < 1.29 is 9.59 Å². The maximum Gasteiger partial charge on any atom is 0.242 e. The van der Waals surface area contributed by atoms with Crippen LogP contribution in [0, 0.1) is 0 Å². The Balaban J connectivity index is 2.07. The molecule has 0 unspecified atom stereocenters. The van der Waals surface area contributed by atoms with Gasteiger partial charge >= 0.3 is 0 Å². The van der Waals surface area contributed by atoms with Gasteiger partial charge in [0.1, 0.15) is 6.04 Å². The van der Waals surface area contributed by atoms with Gasteiger partial charge in [-0.2, -0.15) is 0 Å². The van der Waals surface area contributed by atoms with E-state index >= 15 is 0 Å². The normalized spacial score (nSPS) is 11.8. The van der Waals surface area contributed by atoms with E-state index in [4.69, 9.17) is 34.8 Å². The number of nitrogens with one attached hydrogen (secondary N) is 1. The van der Waals surface area contributed by atoms with Gasteiger partial charge in [-0.3, -0.25) is 9.59 Å². The predicted molar refractivity (Wildman–Crippen MR) is 122 cm³/mol. The minimum absolute atomic E-state index is 0.101. The van der Waals surface area contributed by atoms with E-state index in [2.05, 4.69) is 5.32 Å². The molecular weight excluding hydrogens is 451 g/mol. The number of rotatable bonds is 9. The third-order valence-corrected chi connectivity index (χ3v) is 6.26. The molecule has 1 atom stereocenters. The molecule has 0 aliphatic rings. The molecule has 0 fully saturated rings. The maximum absolute atomic E-state index is 12.9. The Morgan fingerprint density at radius 1 is 1.07 bits per heavy atom. The van der Waals surface area contributed by atoms with Crippen LogP contribution in [0.25, 0.3) is 0 Å². The number of benzene rings is 2. The van der Waals surface area contributed by atoms with E-state index < -0.39 is 6.04 Å². The number of carbonyl (C=O) groups excluding carboxylic acids is 2. The van der Waals surface area contributed by atoms with Gasteiger partial charge in [0, 0.05) is 35.2 Å². The molecule has 156 valence electrons. The number of nitrogens with zero attached hydrogens (tertiary/aromatic N) is 1. The standard InChI is InChI=1S/C21H23Cl3N2O2S/c1-3-25-21(28)14(2)26(13-15-4-9-18(23)19(24)12-15)20(27)10-11-29-17-7-5-16(22)6-8-17/h4-9,12,14H,3,10-11,13H2,1-2H3,(H,25,28)/t14-/m0/s1. The van der Waals surface area contributed by atoms with Crippen molar-refractivity contribution in [1.29, 1.82) is 0 Å². The van der Waals surface area contributed by atoms with Crippen molar-refractivity contribution in [3.05, 3.63) is 63.1 Å². The smallest absolute Gasteiger partial charge is 0.242 e. The van der Waals surface area contributed by atoms with Crippen LogP contribution in [0.3, 0.4) is 0 Å². The van der Waals surface area contributed by atoms with Gasteiger partial charge in [-0.25, -0.2) is 0 Å². The second-order valence-electron chi connectivity index (χ2n) is 6.39. The van der Waals surface area contributed by atoms with Crippen LogP contribution in [0.1, 0.15) is 25.8 Å². The molecule has 0 heterocycles. The Hall–Kier alpha value is -1.40. The summed E-state index contributed by atoms with van der Waals surface area (Å²) in [5.41, 5.74) is 0.814. The van der Waals surface area contributed by atoms with Crippen LogP contribution in [0.4, 0.5) is 0 Å². The highest BCUT2D eigenvalue weighted by atomic mass is 35.5. The number of thioether (sulfide) groups is 1. The number of hydrogen-bond acceptors (Lipinski definition) is 3. The van der Waals surface area contributed by atoms with Gasteiger partial charge < -0.3 is 10.2 Å². The van der Waals surface area contributed by atoms with Crippen LogP contribution < -0.4 is 5.32 Å². The molecule has 0 aliphatic heterocycles. The Morgan fingerprint density at radius 3 is 2.38 bits per heavy atom. The SMILES string of the molecule is CCNC(=O)[C@H](C)N(Cc1ccc(Cl)c(Cl)c1)C(=O)CCSc1ccc(Cl)cc1. The van der Waals surface area contributed by atoms with Gasteiger partial charge in [-0.1, -0.05) is 40.9 Å². The third-order valence-electron chi connectivity index (χ3n) is 4.25. The van der Waals surface area contributed by atoms with Crippen LogP contribution in [0.2, 0.25) is 15.1 Å². The molecule has 2 amide bonds. The molecule has 2 aromatic rings. The Labute approximate surface area is 190 Å². The lowest BCUT2D eigenvalue weighted by Crippen LogP contribution is -2.47. The number of hydrogen-bond donors (Lipinski definition) is 1. The second-order valence-corrected chi connectivity index (χ2v) is 8.81. The molecule has 1 N–H and O–H groups in total. The topological polar surface area (TPSA) is 49.4 Å². The van der Waals surface area contributed by atoms with Crippen molar-refractivity contribution in [2.24, 2.45) is 0 Å². The first-order valence-corrected chi connectivity index (χ1v) is 11.3. The van der Waals surface area contributed by atoms with Crippen molar-refractivity contribution in [3.63, 3.8) is 0 Å². The van der Waals surface area contributed by atoms with Gasteiger partial charge in [-0.15, -0.1) is 11.8 Å². The molecule has 2 aromatic carbocycles. The monoisotopic (exact) mass is 472 g/mol. The molecule has 0 aliphatic carbocycles. The van der Waals surface area contributed by atoms with Crippen molar-refractivity contribution in [3.8, 4) is 0 Å². The summed E-state index contributed by atoms with van der Waals surface area (Å²) >= 11 is 19.6. The minimum Gasteiger partial charge on any atom is -0.355 e. The summed E-state index contributed by atoms with van der Waals surface area (Å²) in [6, 6.07) is 12.1. The van der Waals surface area contributed by atoms with Crippen LogP contribution in [0.5, 0.6) is 0 Å². The van der Waals surface area contributed by atoms with Crippen LogP contribution >= 0.6 is 46.6 Å². The van der Waals surface area contributed by atoms with Crippen LogP contribution in [-0.4, -0.2) is 35.1 Å². The van der Waals surface area contributed by atoms with Gasteiger partial charge in [0.2, 0.25) is 11.8 Å². The van der Waals surface area contributed by atoms with Crippen molar-refractivity contribution in [2.45, 2.75) is 37.8 Å². The third kappa shape index (κ3) is 7.41. The second kappa shape index (κ2) is 11.7. The molecule has 2 rings (SSSR count). The Morgan fingerprint density at radius 2 is 1.76 bits per heavy atom. The molecule has 0 aromatic heterocycles. The van der Waals surface area contributed by atoms with E-state index in [1.165, 1.54) is 0 Å². The zero-order valence-corrected chi connectivity index (χ0v) is 19.3. The maximum atomic E-state index is 12.9. The molecule has 0 bridgehead atoms. The quantitative estimate of drug-likeness (QED) is 0.476. The fourth-order valence-corrected chi connectivity index (χ4v) is 3.96. The summed E-state index contributed by atoms with van der Waals surface area (Å²) < 4.78 is 0.